The van der Waals surface area contributed by atoms with Crippen LogP contribution in [0.3, 0.4) is 0 Å². The van der Waals surface area contributed by atoms with E-state index in [0.717, 1.165) is 5.56 Å². The van der Waals surface area contributed by atoms with Crippen LogP contribution in [0.5, 0.6) is 17.2 Å². The van der Waals surface area contributed by atoms with Gasteiger partial charge in [0.05, 0.1) is 34.5 Å². The summed E-state index contributed by atoms with van der Waals surface area (Å²) in [6, 6.07) is 3.66. The summed E-state index contributed by atoms with van der Waals surface area (Å²) in [6.07, 6.45) is 0. The molecule has 120 valence electrons. The van der Waals surface area contributed by atoms with Gasteiger partial charge in [0.25, 0.3) is 0 Å². The highest BCUT2D eigenvalue weighted by Gasteiger charge is 2.17. The molecule has 0 radical (unpaired) electrons. The number of aromatic nitrogens is 3. The summed E-state index contributed by atoms with van der Waals surface area (Å²) >= 11 is 5.26. The molecule has 0 aliphatic heterocycles. The highest BCUT2D eigenvalue weighted by Crippen LogP contribution is 2.40. The zero-order valence-corrected chi connectivity index (χ0v) is 13.8. The van der Waals surface area contributed by atoms with Gasteiger partial charge in [-0.1, -0.05) is 0 Å². The molecule has 1 N–H and O–H groups in total. The number of nitrogens with zero attached hydrogens (tertiary/aromatic N) is 2. The minimum absolute atomic E-state index is 0.529. The maximum Gasteiger partial charge on any atom is 0.203 e. The Hall–Kier alpha value is -2.06. The molecule has 0 atom stereocenters. The maximum atomic E-state index is 5.37. The monoisotopic (exact) mass is 325 g/mol. The number of hydrogen-bond donors (Lipinski definition) is 1. The van der Waals surface area contributed by atoms with Crippen molar-refractivity contribution >= 4 is 12.2 Å². The lowest BCUT2D eigenvalue weighted by Crippen LogP contribution is -2.06. The summed E-state index contributed by atoms with van der Waals surface area (Å²) in [5.74, 6) is 2.33. The van der Waals surface area contributed by atoms with Gasteiger partial charge in [-0.3, -0.25) is 9.67 Å². The minimum atomic E-state index is 0.529. The van der Waals surface area contributed by atoms with Crippen molar-refractivity contribution < 1.29 is 18.9 Å². The van der Waals surface area contributed by atoms with Crippen LogP contribution in [0.15, 0.2) is 12.1 Å². The normalized spacial score (nSPS) is 10.5. The Morgan fingerprint density at radius 2 is 1.73 bits per heavy atom. The van der Waals surface area contributed by atoms with E-state index in [-0.39, 0.29) is 0 Å². The van der Waals surface area contributed by atoms with E-state index in [1.807, 2.05) is 16.7 Å². The Labute approximate surface area is 133 Å². The van der Waals surface area contributed by atoms with E-state index in [4.69, 9.17) is 31.2 Å². The smallest absolute Gasteiger partial charge is 0.203 e. The van der Waals surface area contributed by atoms with Gasteiger partial charge in [0.2, 0.25) is 5.75 Å². The zero-order chi connectivity index (χ0) is 16.1. The highest BCUT2D eigenvalue weighted by atomic mass is 32.1. The number of H-pyrrole nitrogens is 1. The first-order chi connectivity index (χ1) is 10.7. The van der Waals surface area contributed by atoms with Gasteiger partial charge in [-0.2, -0.15) is 5.10 Å². The van der Waals surface area contributed by atoms with E-state index >= 15 is 0 Å². The van der Waals surface area contributed by atoms with Crippen molar-refractivity contribution in [3.63, 3.8) is 0 Å². The molecule has 0 unspecified atom stereocenters. The molecule has 22 heavy (non-hydrogen) atoms. The lowest BCUT2D eigenvalue weighted by atomic mass is 10.1. The predicted molar refractivity (Wildman–Crippen MR) is 84.4 cm³/mol. The third kappa shape index (κ3) is 3.07. The van der Waals surface area contributed by atoms with Crippen molar-refractivity contribution in [3.8, 4) is 28.6 Å². The van der Waals surface area contributed by atoms with Crippen molar-refractivity contribution in [3.05, 3.63) is 16.9 Å². The van der Waals surface area contributed by atoms with Crippen molar-refractivity contribution in [2.75, 3.05) is 35.0 Å². The van der Waals surface area contributed by atoms with Crippen molar-refractivity contribution in [2.45, 2.75) is 6.54 Å². The van der Waals surface area contributed by atoms with E-state index in [0.29, 0.717) is 41.0 Å². The Morgan fingerprint density at radius 1 is 1.09 bits per heavy atom. The van der Waals surface area contributed by atoms with Crippen LogP contribution in [0.4, 0.5) is 0 Å². The number of rotatable bonds is 7. The van der Waals surface area contributed by atoms with Crippen LogP contribution >= 0.6 is 12.2 Å². The standard InChI is InChI=1S/C14H19N3O4S/c1-18-6-5-17-13(15-16-14(17)22)9-7-10(19-2)12(21-4)11(8-9)20-3/h7-8H,5-6H2,1-4H3,(H,16,22). The Balaban J connectivity index is 2.56. The second kappa shape index (κ2) is 7.28. The Bertz CT molecular complexity index is 671. The molecular formula is C14H19N3O4S. The average Bonchev–Trinajstić information content (AvgIpc) is 2.92. The predicted octanol–water partition coefficient (Wildman–Crippen LogP) is 2.28. The number of hydrogen-bond acceptors (Lipinski definition) is 6. The Kier molecular flexibility index (Phi) is 5.40. The van der Waals surface area contributed by atoms with Crippen molar-refractivity contribution in [1.29, 1.82) is 0 Å². The van der Waals surface area contributed by atoms with Crippen LogP contribution in [-0.4, -0.2) is 49.8 Å². The lowest BCUT2D eigenvalue weighted by Gasteiger charge is -2.14. The van der Waals surface area contributed by atoms with E-state index < -0.39 is 0 Å². The highest BCUT2D eigenvalue weighted by molar-refractivity contribution is 7.71. The van der Waals surface area contributed by atoms with Crippen LogP contribution in [0.1, 0.15) is 0 Å². The van der Waals surface area contributed by atoms with Gasteiger partial charge in [-0.15, -0.1) is 0 Å². The van der Waals surface area contributed by atoms with Gasteiger partial charge in [-0.25, -0.2) is 0 Å². The minimum Gasteiger partial charge on any atom is -0.493 e. The molecule has 0 saturated heterocycles. The molecule has 0 aliphatic carbocycles. The molecule has 8 heteroatoms. The first kappa shape index (κ1) is 16.3. The van der Waals surface area contributed by atoms with Crippen LogP contribution in [0, 0.1) is 4.77 Å². The van der Waals surface area contributed by atoms with Crippen LogP contribution < -0.4 is 14.2 Å². The number of aromatic amines is 1. The SMILES string of the molecule is COCCn1c(-c2cc(OC)c(OC)c(OC)c2)n[nH]c1=S. The third-order valence-corrected chi connectivity index (χ3v) is 3.51. The molecule has 1 aromatic heterocycles. The van der Waals surface area contributed by atoms with E-state index in [9.17, 15) is 0 Å². The molecule has 2 rings (SSSR count). The van der Waals surface area contributed by atoms with Crippen molar-refractivity contribution in [2.24, 2.45) is 0 Å². The summed E-state index contributed by atoms with van der Waals surface area (Å²) in [6.45, 7) is 1.13. The van der Waals surface area contributed by atoms with Crippen LogP contribution in [-0.2, 0) is 11.3 Å². The summed E-state index contributed by atoms with van der Waals surface area (Å²) in [4.78, 5) is 0. The molecule has 0 bridgehead atoms. The van der Waals surface area contributed by atoms with E-state index in [1.54, 1.807) is 28.4 Å². The Morgan fingerprint density at radius 3 is 2.23 bits per heavy atom. The number of methoxy groups -OCH3 is 4. The van der Waals surface area contributed by atoms with Crippen molar-refractivity contribution in [1.82, 2.24) is 14.8 Å². The molecule has 0 fully saturated rings. The lowest BCUT2D eigenvalue weighted by molar-refractivity contribution is 0.187. The van der Waals surface area contributed by atoms with E-state index in [2.05, 4.69) is 10.2 Å². The summed E-state index contributed by atoms with van der Waals surface area (Å²) in [5.41, 5.74) is 0.804. The molecule has 0 amide bonds. The number of benzene rings is 1. The molecule has 0 aliphatic rings. The fourth-order valence-corrected chi connectivity index (χ4v) is 2.36. The number of nitrogens with one attached hydrogen (secondary N) is 1. The topological polar surface area (TPSA) is 70.5 Å². The largest absolute Gasteiger partial charge is 0.493 e. The van der Waals surface area contributed by atoms with Gasteiger partial charge in [0.1, 0.15) is 0 Å². The van der Waals surface area contributed by atoms with Gasteiger partial charge in [-0.05, 0) is 24.4 Å². The van der Waals surface area contributed by atoms with Crippen LogP contribution in [0.25, 0.3) is 11.4 Å². The first-order valence-electron chi connectivity index (χ1n) is 6.60. The second-order valence-electron chi connectivity index (χ2n) is 4.41. The molecule has 0 spiro atoms. The van der Waals surface area contributed by atoms with Gasteiger partial charge in [0, 0.05) is 12.7 Å². The molecule has 0 saturated carbocycles. The molecule has 1 aromatic carbocycles. The van der Waals surface area contributed by atoms with Crippen LogP contribution in [0.2, 0.25) is 0 Å². The van der Waals surface area contributed by atoms with Gasteiger partial charge >= 0.3 is 0 Å². The first-order valence-corrected chi connectivity index (χ1v) is 7.01. The fourth-order valence-electron chi connectivity index (χ4n) is 2.14. The molecule has 1 heterocycles. The summed E-state index contributed by atoms with van der Waals surface area (Å²) in [5, 5.41) is 7.08. The fraction of sp³-hybridized carbons (Fsp3) is 0.429. The quantitative estimate of drug-likeness (QED) is 0.788. The van der Waals surface area contributed by atoms with Gasteiger partial charge < -0.3 is 18.9 Å². The summed E-state index contributed by atoms with van der Waals surface area (Å²) < 4.78 is 23.6. The molecule has 7 nitrogen and oxygen atoms in total. The zero-order valence-electron chi connectivity index (χ0n) is 13.0. The van der Waals surface area contributed by atoms with E-state index in [1.165, 1.54) is 0 Å². The third-order valence-electron chi connectivity index (χ3n) is 3.20. The number of ether oxygens (including phenoxy) is 4. The summed E-state index contributed by atoms with van der Waals surface area (Å²) in [7, 11) is 6.35. The molecule has 2 aromatic rings. The van der Waals surface area contributed by atoms with Gasteiger partial charge in [0.15, 0.2) is 22.1 Å². The molecular weight excluding hydrogens is 306 g/mol. The second-order valence-corrected chi connectivity index (χ2v) is 4.80. The average molecular weight is 325 g/mol. The maximum absolute atomic E-state index is 5.37.